The summed E-state index contributed by atoms with van der Waals surface area (Å²) in [6.07, 6.45) is 8.55. The first-order valence-electron chi connectivity index (χ1n) is 14.7. The molecule has 0 spiro atoms. The summed E-state index contributed by atoms with van der Waals surface area (Å²) in [5.74, 6) is 0.916. The van der Waals surface area contributed by atoms with E-state index in [1.165, 1.54) is 0 Å². The fourth-order valence-electron chi connectivity index (χ4n) is 10.4. The number of aryl methyl sites for hydroxylation is 1. The van der Waals surface area contributed by atoms with Crippen molar-refractivity contribution < 1.29 is 19.4 Å². The molecule has 7 heteroatoms. The first-order valence-corrected chi connectivity index (χ1v) is 14.7. The fourth-order valence-corrected chi connectivity index (χ4v) is 10.4. The second-order valence-corrected chi connectivity index (χ2v) is 15.2. The lowest BCUT2D eigenvalue weighted by Gasteiger charge is -2.69. The summed E-state index contributed by atoms with van der Waals surface area (Å²) in [7, 11) is 0. The molecule has 1 heterocycles. The van der Waals surface area contributed by atoms with Gasteiger partial charge in [0.15, 0.2) is 5.78 Å². The number of carbonyl (C=O) groups is 1. The number of rotatable bonds is 1. The van der Waals surface area contributed by atoms with Crippen LogP contribution in [0.25, 0.3) is 4.85 Å². The van der Waals surface area contributed by atoms with Crippen molar-refractivity contribution in [1.29, 1.82) is 0 Å². The van der Waals surface area contributed by atoms with Crippen LogP contribution in [0.3, 0.4) is 0 Å². The number of aliphatic hydroxyl groups excluding tert-OH is 1. The Labute approximate surface area is 232 Å². The predicted octanol–water partition coefficient (Wildman–Crippen LogP) is 6.63. The highest BCUT2D eigenvalue weighted by Gasteiger charge is 2.71. The van der Waals surface area contributed by atoms with E-state index < -0.39 is 11.0 Å². The van der Waals surface area contributed by atoms with Gasteiger partial charge in [0.05, 0.1) is 12.0 Å². The van der Waals surface area contributed by atoms with Gasteiger partial charge in [-0.2, -0.15) is 0 Å². The number of fused-ring (bicyclic) bond motifs is 7. The van der Waals surface area contributed by atoms with Crippen LogP contribution >= 0.6 is 0 Å². The number of hydrogen-bond acceptors (Lipinski definition) is 6. The van der Waals surface area contributed by atoms with E-state index >= 15 is 0 Å². The fraction of sp³-hybridized carbons (Fsp3) is 0.750. The summed E-state index contributed by atoms with van der Waals surface area (Å²) in [5.41, 5.74) is -1.54. The lowest BCUT2D eigenvalue weighted by Crippen LogP contribution is -2.66. The van der Waals surface area contributed by atoms with Crippen molar-refractivity contribution in [3.63, 3.8) is 0 Å². The van der Waals surface area contributed by atoms with Crippen molar-refractivity contribution in [3.05, 3.63) is 46.3 Å². The SMILES string of the molecule is [C-]#[N+]C1=C(O)[C@@](C)(O)[C@@H]2CC[C@]3(C)C(=CC(=O)[C@@H]4[C@@H]5CC(C)(C)CC[C@]5(c5nnc(C)o5)CC[C@]43C)[C@@]2(C)C1. The van der Waals surface area contributed by atoms with Gasteiger partial charge in [0.1, 0.15) is 11.4 Å². The molecule has 39 heavy (non-hydrogen) atoms. The molecule has 0 radical (unpaired) electrons. The van der Waals surface area contributed by atoms with Crippen LogP contribution in [-0.2, 0) is 10.2 Å². The van der Waals surface area contributed by atoms with Crippen LogP contribution in [0, 0.1) is 52.9 Å². The Bertz CT molecular complexity index is 1360. The average molecular weight is 534 g/mol. The van der Waals surface area contributed by atoms with Crippen molar-refractivity contribution in [2.45, 2.75) is 111 Å². The standard InChI is InChI=1S/C32H43N3O4/c1-18-34-35-26(39-18)32-13-11-27(2,3)16-19(32)24-21(36)15-23-28(4)17-20(33-8)25(37)31(7,38)22(28)9-10-29(23,5)30(24,6)12-14-32/h15,19,22,24,37-38H,9-14,16-17H2,1-7H3/t19-,22+,24-,28-,29+,30+,31-,32-/m0/s1. The van der Waals surface area contributed by atoms with E-state index in [9.17, 15) is 15.0 Å². The summed E-state index contributed by atoms with van der Waals surface area (Å²) in [5, 5.41) is 31.1. The monoisotopic (exact) mass is 533 g/mol. The molecule has 2 N–H and O–H groups in total. The van der Waals surface area contributed by atoms with Crippen molar-refractivity contribution in [2.75, 3.05) is 0 Å². The lowest BCUT2D eigenvalue weighted by molar-refractivity contribution is -0.167. The Morgan fingerprint density at radius 2 is 1.74 bits per heavy atom. The van der Waals surface area contributed by atoms with Gasteiger partial charge in [0, 0.05) is 18.8 Å². The number of nitrogens with zero attached hydrogens (tertiary/aromatic N) is 3. The minimum atomic E-state index is -1.50. The zero-order valence-corrected chi connectivity index (χ0v) is 24.5. The second kappa shape index (κ2) is 7.84. The molecule has 1 aromatic rings. The van der Waals surface area contributed by atoms with E-state index in [-0.39, 0.29) is 56.7 Å². The average Bonchev–Trinajstić information content (AvgIpc) is 3.29. The highest BCUT2D eigenvalue weighted by Crippen LogP contribution is 2.74. The molecule has 0 unspecified atom stereocenters. The Hall–Kier alpha value is -2.46. The highest BCUT2D eigenvalue weighted by molar-refractivity contribution is 5.95. The zero-order chi connectivity index (χ0) is 28.4. The highest BCUT2D eigenvalue weighted by atomic mass is 16.4. The maximum Gasteiger partial charge on any atom is 0.222 e. The molecule has 0 bridgehead atoms. The largest absolute Gasteiger partial charge is 0.521 e. The minimum absolute atomic E-state index is 0.102. The normalized spacial score (nSPS) is 46.8. The van der Waals surface area contributed by atoms with Gasteiger partial charge in [-0.1, -0.05) is 40.2 Å². The third kappa shape index (κ3) is 3.21. The van der Waals surface area contributed by atoms with E-state index in [4.69, 9.17) is 11.0 Å². The molecular formula is C32H43N3O4. The van der Waals surface area contributed by atoms with Gasteiger partial charge in [-0.25, -0.2) is 4.85 Å². The van der Waals surface area contributed by atoms with Crippen LogP contribution in [0.2, 0.25) is 0 Å². The van der Waals surface area contributed by atoms with Gasteiger partial charge in [-0.05, 0) is 91.9 Å². The summed E-state index contributed by atoms with van der Waals surface area (Å²) < 4.78 is 6.14. The number of aromatic nitrogens is 2. The predicted molar refractivity (Wildman–Crippen MR) is 146 cm³/mol. The Kier molecular flexibility index (Phi) is 5.38. The molecule has 3 saturated carbocycles. The van der Waals surface area contributed by atoms with Crippen molar-refractivity contribution in [2.24, 2.45) is 39.4 Å². The molecule has 3 fully saturated rings. The van der Waals surface area contributed by atoms with E-state index in [0.29, 0.717) is 18.2 Å². The van der Waals surface area contributed by atoms with Crippen LogP contribution in [0.15, 0.2) is 27.5 Å². The molecule has 8 atom stereocenters. The zero-order valence-electron chi connectivity index (χ0n) is 24.5. The van der Waals surface area contributed by atoms with Crippen LogP contribution in [0.1, 0.15) is 105 Å². The van der Waals surface area contributed by atoms with Gasteiger partial charge in [-0.15, -0.1) is 10.2 Å². The molecule has 5 aliphatic rings. The summed E-state index contributed by atoms with van der Waals surface area (Å²) >= 11 is 0. The van der Waals surface area contributed by atoms with Crippen LogP contribution in [0.4, 0.5) is 0 Å². The topological polar surface area (TPSA) is 101 Å². The number of carbonyl (C=O) groups excluding carboxylic acids is 1. The number of allylic oxidation sites excluding steroid dienone is 3. The molecule has 0 aromatic carbocycles. The van der Waals surface area contributed by atoms with Gasteiger partial charge in [-0.3, -0.25) is 4.79 Å². The molecule has 5 aliphatic carbocycles. The third-order valence-corrected chi connectivity index (χ3v) is 12.7. The summed E-state index contributed by atoms with van der Waals surface area (Å²) in [6, 6.07) is 0. The molecular weight excluding hydrogens is 490 g/mol. The summed E-state index contributed by atoms with van der Waals surface area (Å²) in [4.78, 5) is 18.2. The third-order valence-electron chi connectivity index (χ3n) is 12.7. The molecule has 0 saturated heterocycles. The van der Waals surface area contributed by atoms with E-state index in [1.54, 1.807) is 6.92 Å². The Morgan fingerprint density at radius 1 is 1.05 bits per heavy atom. The first-order chi connectivity index (χ1) is 18.1. The maximum absolute atomic E-state index is 14.5. The summed E-state index contributed by atoms with van der Waals surface area (Å²) in [6.45, 7) is 22.6. The first kappa shape index (κ1) is 26.7. The van der Waals surface area contributed by atoms with Crippen LogP contribution in [-0.4, -0.2) is 31.8 Å². The Morgan fingerprint density at radius 3 is 2.38 bits per heavy atom. The number of aliphatic hydroxyl groups is 2. The quantitative estimate of drug-likeness (QED) is 0.393. The van der Waals surface area contributed by atoms with Crippen molar-refractivity contribution >= 4 is 5.78 Å². The van der Waals surface area contributed by atoms with Gasteiger partial charge < -0.3 is 14.6 Å². The van der Waals surface area contributed by atoms with Crippen LogP contribution in [0.5, 0.6) is 0 Å². The van der Waals surface area contributed by atoms with Crippen LogP contribution < -0.4 is 0 Å². The number of hydrogen-bond donors (Lipinski definition) is 2. The minimum Gasteiger partial charge on any atom is -0.521 e. The van der Waals surface area contributed by atoms with E-state index in [0.717, 1.165) is 50.5 Å². The molecule has 6 rings (SSSR count). The van der Waals surface area contributed by atoms with Crippen molar-refractivity contribution in [3.8, 4) is 0 Å². The molecule has 7 nitrogen and oxygen atoms in total. The number of ketones is 1. The molecule has 0 amide bonds. The molecule has 1 aromatic heterocycles. The van der Waals surface area contributed by atoms with Gasteiger partial charge in [0.25, 0.3) is 0 Å². The van der Waals surface area contributed by atoms with Crippen molar-refractivity contribution in [1.82, 2.24) is 10.2 Å². The smallest absolute Gasteiger partial charge is 0.222 e. The second-order valence-electron chi connectivity index (χ2n) is 15.2. The van der Waals surface area contributed by atoms with Gasteiger partial charge in [0.2, 0.25) is 17.5 Å². The molecule has 0 aliphatic heterocycles. The lowest BCUT2D eigenvalue weighted by atomic mass is 9.34. The Balaban J connectivity index is 1.52. The maximum atomic E-state index is 14.5. The van der Waals surface area contributed by atoms with Gasteiger partial charge >= 0.3 is 0 Å². The molecule has 210 valence electrons. The van der Waals surface area contributed by atoms with E-state index in [1.807, 2.05) is 13.0 Å². The van der Waals surface area contributed by atoms with E-state index in [2.05, 4.69) is 49.7 Å².